The lowest BCUT2D eigenvalue weighted by Gasteiger charge is -2.41. The molecule has 2 heterocycles. The smallest absolute Gasteiger partial charge is 0.304 e. The molecule has 0 spiro atoms. The molecule has 1 aromatic rings. The number of hydrogen-bond acceptors (Lipinski definition) is 5. The van der Waals surface area contributed by atoms with Gasteiger partial charge in [0, 0.05) is 24.0 Å². The summed E-state index contributed by atoms with van der Waals surface area (Å²) in [6, 6.07) is 1.54. The van der Waals surface area contributed by atoms with E-state index in [4.69, 9.17) is 0 Å². The van der Waals surface area contributed by atoms with Gasteiger partial charge in [-0.15, -0.1) is 11.3 Å². The predicted molar refractivity (Wildman–Crippen MR) is 83.9 cm³/mol. The van der Waals surface area contributed by atoms with Crippen molar-refractivity contribution in [2.24, 2.45) is 11.8 Å². The summed E-state index contributed by atoms with van der Waals surface area (Å²) >= 11 is 1.38. The van der Waals surface area contributed by atoms with Crippen molar-refractivity contribution in [1.82, 2.24) is 0 Å². The van der Waals surface area contributed by atoms with Crippen molar-refractivity contribution in [2.75, 3.05) is 18.0 Å². The predicted octanol–water partition coefficient (Wildman–Crippen LogP) is 3.73. The van der Waals surface area contributed by atoms with E-state index in [1.165, 1.54) is 43.1 Å². The SMILES string of the molecule is CC(O)c1cc([N+](=O)[O-])c(N2CCC3CCCCC3C2)s1. The van der Waals surface area contributed by atoms with Crippen molar-refractivity contribution in [3.63, 3.8) is 0 Å². The monoisotopic (exact) mass is 310 g/mol. The van der Waals surface area contributed by atoms with Crippen LogP contribution in [0.5, 0.6) is 0 Å². The summed E-state index contributed by atoms with van der Waals surface area (Å²) in [5, 5.41) is 21.7. The van der Waals surface area contributed by atoms with Crippen molar-refractivity contribution < 1.29 is 10.0 Å². The molecule has 1 saturated carbocycles. The van der Waals surface area contributed by atoms with Crippen LogP contribution < -0.4 is 4.90 Å². The molecule has 0 radical (unpaired) electrons. The number of nitrogens with zero attached hydrogens (tertiary/aromatic N) is 2. The number of aliphatic hydroxyl groups is 1. The number of aliphatic hydroxyl groups excluding tert-OH is 1. The standard InChI is InChI=1S/C15H22N2O3S/c1-10(18)14-8-13(17(19)20)15(21-14)16-7-6-11-4-2-3-5-12(11)9-16/h8,10-12,18H,2-7,9H2,1H3. The second-order valence-corrected chi connectivity index (χ2v) is 7.37. The van der Waals surface area contributed by atoms with E-state index in [1.807, 2.05) is 0 Å². The maximum atomic E-state index is 11.3. The Balaban J connectivity index is 1.84. The van der Waals surface area contributed by atoms with Crippen LogP contribution >= 0.6 is 11.3 Å². The summed E-state index contributed by atoms with van der Waals surface area (Å²) in [5.41, 5.74) is 0.158. The van der Waals surface area contributed by atoms with E-state index in [0.717, 1.165) is 30.4 Å². The van der Waals surface area contributed by atoms with Gasteiger partial charge in [0.15, 0.2) is 5.00 Å². The van der Waals surface area contributed by atoms with E-state index in [9.17, 15) is 15.2 Å². The average Bonchev–Trinajstić information content (AvgIpc) is 2.92. The Bertz CT molecular complexity index is 529. The first-order valence-corrected chi connectivity index (χ1v) is 8.59. The van der Waals surface area contributed by atoms with Crippen LogP contribution in [0.25, 0.3) is 0 Å². The Morgan fingerprint density at radius 3 is 2.76 bits per heavy atom. The Morgan fingerprint density at radius 1 is 1.38 bits per heavy atom. The fourth-order valence-electron chi connectivity index (χ4n) is 3.74. The molecule has 2 aliphatic rings. The van der Waals surface area contributed by atoms with Crippen molar-refractivity contribution in [3.8, 4) is 0 Å². The minimum Gasteiger partial charge on any atom is -0.388 e. The molecule has 116 valence electrons. The average molecular weight is 310 g/mol. The molecule has 0 amide bonds. The summed E-state index contributed by atoms with van der Waals surface area (Å²) in [6.07, 6.45) is 5.71. The highest BCUT2D eigenvalue weighted by molar-refractivity contribution is 7.16. The number of thiophene rings is 1. The second kappa shape index (κ2) is 5.93. The van der Waals surface area contributed by atoms with Crippen molar-refractivity contribution >= 4 is 22.0 Å². The number of nitro groups is 1. The van der Waals surface area contributed by atoms with Crippen LogP contribution in [-0.2, 0) is 0 Å². The zero-order valence-corrected chi connectivity index (χ0v) is 13.1. The van der Waals surface area contributed by atoms with Crippen LogP contribution in [0.4, 0.5) is 10.7 Å². The molecule has 0 bridgehead atoms. The third-order valence-electron chi connectivity index (χ3n) is 4.90. The molecule has 5 nitrogen and oxygen atoms in total. The number of anilines is 1. The molecule has 1 N–H and O–H groups in total. The molecule has 1 aromatic heterocycles. The minimum atomic E-state index is -0.644. The van der Waals surface area contributed by atoms with Crippen molar-refractivity contribution in [3.05, 3.63) is 21.1 Å². The van der Waals surface area contributed by atoms with Gasteiger partial charge in [0.1, 0.15) is 0 Å². The quantitative estimate of drug-likeness (QED) is 0.682. The van der Waals surface area contributed by atoms with Gasteiger partial charge >= 0.3 is 5.69 Å². The zero-order chi connectivity index (χ0) is 15.0. The summed E-state index contributed by atoms with van der Waals surface area (Å²) in [5.74, 6) is 1.49. The maximum absolute atomic E-state index is 11.3. The van der Waals surface area contributed by atoms with E-state index >= 15 is 0 Å². The molecule has 21 heavy (non-hydrogen) atoms. The summed E-state index contributed by atoms with van der Waals surface area (Å²) < 4.78 is 0. The normalized spacial score (nSPS) is 27.2. The lowest BCUT2D eigenvalue weighted by Crippen LogP contribution is -2.41. The van der Waals surface area contributed by atoms with Crippen LogP contribution in [0.15, 0.2) is 6.07 Å². The zero-order valence-electron chi connectivity index (χ0n) is 12.3. The lowest BCUT2D eigenvalue weighted by atomic mass is 9.75. The first kappa shape index (κ1) is 14.8. The molecular weight excluding hydrogens is 288 g/mol. The molecule has 3 rings (SSSR count). The minimum absolute atomic E-state index is 0.158. The van der Waals surface area contributed by atoms with E-state index < -0.39 is 6.10 Å². The van der Waals surface area contributed by atoms with E-state index in [1.54, 1.807) is 6.92 Å². The molecule has 1 aliphatic heterocycles. The Labute approximate surface area is 128 Å². The van der Waals surface area contributed by atoms with Crippen molar-refractivity contribution in [2.45, 2.75) is 45.1 Å². The van der Waals surface area contributed by atoms with E-state index in [-0.39, 0.29) is 10.6 Å². The fourth-order valence-corrected chi connectivity index (χ4v) is 4.84. The highest BCUT2D eigenvalue weighted by Gasteiger charge is 2.34. The molecule has 3 atom stereocenters. The Hall–Kier alpha value is -1.14. The highest BCUT2D eigenvalue weighted by atomic mass is 32.1. The summed E-state index contributed by atoms with van der Waals surface area (Å²) in [7, 11) is 0. The van der Waals surface area contributed by atoms with Gasteiger partial charge < -0.3 is 10.0 Å². The van der Waals surface area contributed by atoms with Gasteiger partial charge in [0.25, 0.3) is 0 Å². The largest absolute Gasteiger partial charge is 0.388 e. The van der Waals surface area contributed by atoms with Crippen LogP contribution in [0.1, 0.15) is 50.0 Å². The molecule has 0 aromatic carbocycles. The van der Waals surface area contributed by atoms with E-state index in [2.05, 4.69) is 4.90 Å². The lowest BCUT2D eigenvalue weighted by molar-refractivity contribution is -0.383. The fraction of sp³-hybridized carbons (Fsp3) is 0.733. The second-order valence-electron chi connectivity index (χ2n) is 6.31. The van der Waals surface area contributed by atoms with Crippen LogP contribution in [-0.4, -0.2) is 23.1 Å². The van der Waals surface area contributed by atoms with Crippen molar-refractivity contribution in [1.29, 1.82) is 0 Å². The molecule has 6 heteroatoms. The number of hydrogen-bond donors (Lipinski definition) is 1. The van der Waals surface area contributed by atoms with Gasteiger partial charge in [0.05, 0.1) is 11.0 Å². The van der Waals surface area contributed by atoms with Crippen LogP contribution in [0, 0.1) is 22.0 Å². The first-order chi connectivity index (χ1) is 10.1. The number of rotatable bonds is 3. The highest BCUT2D eigenvalue weighted by Crippen LogP contribution is 2.44. The molecule has 3 unspecified atom stereocenters. The molecular formula is C15H22N2O3S. The summed E-state index contributed by atoms with van der Waals surface area (Å²) in [6.45, 7) is 3.50. The molecule has 2 fully saturated rings. The molecule has 1 saturated heterocycles. The van der Waals surface area contributed by atoms with E-state index in [0.29, 0.717) is 10.8 Å². The molecule has 1 aliphatic carbocycles. The Kier molecular flexibility index (Phi) is 4.17. The van der Waals surface area contributed by atoms with Gasteiger partial charge in [-0.1, -0.05) is 19.3 Å². The number of piperidine rings is 1. The third-order valence-corrected chi connectivity index (χ3v) is 6.25. The van der Waals surface area contributed by atoms with Gasteiger partial charge in [-0.3, -0.25) is 10.1 Å². The first-order valence-electron chi connectivity index (χ1n) is 7.77. The van der Waals surface area contributed by atoms with Gasteiger partial charge in [-0.2, -0.15) is 0 Å². The number of fused-ring (bicyclic) bond motifs is 1. The Morgan fingerprint density at radius 2 is 2.10 bits per heavy atom. The summed E-state index contributed by atoms with van der Waals surface area (Å²) in [4.78, 5) is 13.8. The third kappa shape index (κ3) is 2.92. The maximum Gasteiger partial charge on any atom is 0.304 e. The van der Waals surface area contributed by atoms with Crippen LogP contribution in [0.3, 0.4) is 0 Å². The van der Waals surface area contributed by atoms with Gasteiger partial charge in [-0.25, -0.2) is 0 Å². The van der Waals surface area contributed by atoms with Gasteiger partial charge in [-0.05, 0) is 31.6 Å². The van der Waals surface area contributed by atoms with Gasteiger partial charge in [0.2, 0.25) is 0 Å². The topological polar surface area (TPSA) is 66.6 Å². The van der Waals surface area contributed by atoms with Crippen LogP contribution in [0.2, 0.25) is 0 Å².